The van der Waals surface area contributed by atoms with Crippen LogP contribution >= 0.6 is 0 Å². The van der Waals surface area contributed by atoms with Crippen LogP contribution < -0.4 is 0 Å². The van der Waals surface area contributed by atoms with Crippen LogP contribution in [0.2, 0.25) is 0 Å². The molecule has 47 heavy (non-hydrogen) atoms. The standard InChI is InChI=1S/C46H30O/c1-3-15-31(16-4-1)33-19-13-21-35(29-33)43-37-23-7-9-25-39(37)44(40-26-10-8-24-38(40)43)45-41-27-11-12-28-42(41)47-46(45)36-22-14-20-34(30-36)32-17-5-2-6-18-32/h1-30H/i1D,2D,3D,4D,5D,6D,15D,16D,17D,18D. The molecule has 0 aliphatic heterocycles. The maximum absolute atomic E-state index is 8.66. The van der Waals surface area contributed by atoms with Gasteiger partial charge in [-0.15, -0.1) is 0 Å². The Morgan fingerprint density at radius 2 is 0.787 bits per heavy atom. The molecule has 0 spiro atoms. The molecule has 0 atom stereocenters. The summed E-state index contributed by atoms with van der Waals surface area (Å²) in [6.45, 7) is 0. The topological polar surface area (TPSA) is 13.1 Å². The molecule has 1 heterocycles. The van der Waals surface area contributed by atoms with E-state index in [1.54, 1.807) is 24.3 Å². The van der Waals surface area contributed by atoms with Crippen molar-refractivity contribution in [1.29, 1.82) is 0 Å². The smallest absolute Gasteiger partial charge is 0.143 e. The lowest BCUT2D eigenvalue weighted by molar-refractivity contribution is 0.632. The van der Waals surface area contributed by atoms with E-state index in [2.05, 4.69) is 24.3 Å². The van der Waals surface area contributed by atoms with Crippen molar-refractivity contribution in [3.05, 3.63) is 182 Å². The van der Waals surface area contributed by atoms with Gasteiger partial charge in [0.25, 0.3) is 0 Å². The summed E-state index contributed by atoms with van der Waals surface area (Å²) in [5, 5.41) is 4.57. The molecule has 220 valence electrons. The molecule has 0 amide bonds. The number of fused-ring (bicyclic) bond motifs is 3. The molecule has 0 saturated carbocycles. The minimum Gasteiger partial charge on any atom is -0.455 e. The Balaban J connectivity index is 1.33. The normalized spacial score (nSPS) is 14.4. The van der Waals surface area contributed by atoms with Gasteiger partial charge >= 0.3 is 0 Å². The third-order valence-corrected chi connectivity index (χ3v) is 8.63. The van der Waals surface area contributed by atoms with Crippen LogP contribution in [0.3, 0.4) is 0 Å². The zero-order valence-corrected chi connectivity index (χ0v) is 25.0. The summed E-state index contributed by atoms with van der Waals surface area (Å²) < 4.78 is 90.7. The van der Waals surface area contributed by atoms with Crippen molar-refractivity contribution in [2.24, 2.45) is 0 Å². The lowest BCUT2D eigenvalue weighted by Gasteiger charge is -2.18. The fraction of sp³-hybridized carbons (Fsp3) is 0. The average Bonchev–Trinajstić information content (AvgIpc) is 3.62. The van der Waals surface area contributed by atoms with Crippen LogP contribution in [0.4, 0.5) is 0 Å². The third-order valence-electron chi connectivity index (χ3n) is 8.63. The molecular weight excluding hydrogens is 569 g/mol. The summed E-state index contributed by atoms with van der Waals surface area (Å²) >= 11 is 0. The second kappa shape index (κ2) is 11.3. The van der Waals surface area contributed by atoms with Gasteiger partial charge < -0.3 is 4.42 Å². The van der Waals surface area contributed by atoms with Crippen molar-refractivity contribution in [2.75, 3.05) is 0 Å². The van der Waals surface area contributed by atoms with E-state index in [0.29, 0.717) is 28.0 Å². The van der Waals surface area contributed by atoms with E-state index in [0.717, 1.165) is 49.2 Å². The Kier molecular flexibility index (Phi) is 4.50. The van der Waals surface area contributed by atoms with Crippen LogP contribution in [0.1, 0.15) is 13.7 Å². The van der Waals surface area contributed by atoms with E-state index >= 15 is 0 Å². The van der Waals surface area contributed by atoms with Crippen molar-refractivity contribution in [3.8, 4) is 55.8 Å². The Morgan fingerprint density at radius 3 is 1.36 bits per heavy atom. The Bertz CT molecular complexity index is 3030. The fourth-order valence-electron chi connectivity index (χ4n) is 6.64. The lowest BCUT2D eigenvalue weighted by Crippen LogP contribution is -1.92. The summed E-state index contributed by atoms with van der Waals surface area (Å²) in [5.41, 5.74) is 5.98. The van der Waals surface area contributed by atoms with Crippen LogP contribution in [0.5, 0.6) is 0 Å². The SMILES string of the molecule is [2H]c1c([2H])c([2H])c(-c2cccc(-c3oc4ccccc4c3-c3c4ccccc4c(-c4cccc(-c5c([2H])c([2H])c([2H])c([2H])c5[2H])c4)c4ccccc34)c2)c([2H])c1[2H]. The van der Waals surface area contributed by atoms with Crippen molar-refractivity contribution >= 4 is 32.5 Å². The van der Waals surface area contributed by atoms with E-state index in [9.17, 15) is 0 Å². The summed E-state index contributed by atoms with van der Waals surface area (Å²) in [6.07, 6.45) is 0. The minimum absolute atomic E-state index is 0.103. The van der Waals surface area contributed by atoms with E-state index < -0.39 is 36.3 Å². The average molecular weight is 609 g/mol. The Morgan fingerprint density at radius 1 is 0.340 bits per heavy atom. The van der Waals surface area contributed by atoms with Crippen molar-refractivity contribution in [3.63, 3.8) is 0 Å². The maximum Gasteiger partial charge on any atom is 0.143 e. The van der Waals surface area contributed by atoms with Crippen LogP contribution in [0.25, 0.3) is 88.3 Å². The van der Waals surface area contributed by atoms with Crippen molar-refractivity contribution < 1.29 is 18.1 Å². The van der Waals surface area contributed by atoms with E-state index in [4.69, 9.17) is 18.1 Å². The van der Waals surface area contributed by atoms with Crippen LogP contribution in [0, 0.1) is 0 Å². The molecule has 0 saturated heterocycles. The molecule has 0 fully saturated rings. The highest BCUT2D eigenvalue weighted by Gasteiger charge is 2.24. The maximum atomic E-state index is 8.66. The quantitative estimate of drug-likeness (QED) is 0.177. The Hall–Kier alpha value is -6.18. The van der Waals surface area contributed by atoms with Gasteiger partial charge in [-0.2, -0.15) is 0 Å². The predicted molar refractivity (Wildman–Crippen MR) is 198 cm³/mol. The van der Waals surface area contributed by atoms with Gasteiger partial charge in [0.2, 0.25) is 0 Å². The molecule has 8 aromatic carbocycles. The van der Waals surface area contributed by atoms with Crippen molar-refractivity contribution in [1.82, 2.24) is 0 Å². The molecule has 9 aromatic rings. The fourth-order valence-corrected chi connectivity index (χ4v) is 6.64. The number of benzene rings is 8. The molecule has 1 heteroatoms. The van der Waals surface area contributed by atoms with Gasteiger partial charge in [-0.25, -0.2) is 0 Å². The summed E-state index contributed by atoms with van der Waals surface area (Å²) in [6, 6.07) is 35.0. The first-order valence-corrected chi connectivity index (χ1v) is 15.3. The van der Waals surface area contributed by atoms with Gasteiger partial charge in [0, 0.05) is 22.1 Å². The predicted octanol–water partition coefficient (Wildman–Crippen LogP) is 13.1. The first-order chi connectivity index (χ1) is 27.5. The van der Waals surface area contributed by atoms with E-state index in [-0.39, 0.29) is 35.3 Å². The summed E-state index contributed by atoms with van der Waals surface area (Å²) in [4.78, 5) is 0. The monoisotopic (exact) mass is 608 g/mol. The number of rotatable bonds is 5. The molecule has 0 unspecified atom stereocenters. The van der Waals surface area contributed by atoms with Gasteiger partial charge in [0.05, 0.1) is 13.7 Å². The third kappa shape index (κ3) is 4.64. The highest BCUT2D eigenvalue weighted by atomic mass is 16.3. The molecule has 0 radical (unpaired) electrons. The number of hydrogen-bond donors (Lipinski definition) is 0. The minimum atomic E-state index is -0.451. The zero-order valence-electron chi connectivity index (χ0n) is 35.0. The number of furan rings is 1. The van der Waals surface area contributed by atoms with Gasteiger partial charge in [-0.3, -0.25) is 0 Å². The van der Waals surface area contributed by atoms with Gasteiger partial charge in [0.1, 0.15) is 11.3 Å². The summed E-state index contributed by atoms with van der Waals surface area (Å²) in [7, 11) is 0. The highest BCUT2D eigenvalue weighted by Crippen LogP contribution is 2.49. The van der Waals surface area contributed by atoms with Crippen LogP contribution in [-0.4, -0.2) is 0 Å². The first kappa shape index (κ1) is 18.7. The first-order valence-electron chi connectivity index (χ1n) is 20.3. The molecule has 9 rings (SSSR count). The van der Waals surface area contributed by atoms with Gasteiger partial charge in [-0.05, 0) is 73.1 Å². The Labute approximate surface area is 288 Å². The molecule has 1 aromatic heterocycles. The second-order valence-corrected chi connectivity index (χ2v) is 11.3. The van der Waals surface area contributed by atoms with Gasteiger partial charge in [0.15, 0.2) is 0 Å². The molecule has 0 aliphatic rings. The molecule has 1 nitrogen and oxygen atoms in total. The number of hydrogen-bond acceptors (Lipinski definition) is 1. The van der Waals surface area contributed by atoms with Crippen LogP contribution in [0.15, 0.2) is 186 Å². The van der Waals surface area contributed by atoms with E-state index in [1.165, 1.54) is 0 Å². The largest absolute Gasteiger partial charge is 0.455 e. The van der Waals surface area contributed by atoms with Gasteiger partial charge in [-0.1, -0.05) is 164 Å². The summed E-state index contributed by atoms with van der Waals surface area (Å²) in [5.74, 6) is 0.552. The second-order valence-electron chi connectivity index (χ2n) is 11.3. The highest BCUT2D eigenvalue weighted by molar-refractivity contribution is 6.25. The lowest BCUT2D eigenvalue weighted by atomic mass is 9.84. The molecule has 0 bridgehead atoms. The molecular formula is C46H30O. The van der Waals surface area contributed by atoms with Crippen LogP contribution in [-0.2, 0) is 0 Å². The van der Waals surface area contributed by atoms with E-state index in [1.807, 2.05) is 72.8 Å². The number of para-hydroxylation sites is 1. The molecule has 0 aliphatic carbocycles. The van der Waals surface area contributed by atoms with Crippen molar-refractivity contribution in [2.45, 2.75) is 0 Å². The zero-order chi connectivity index (χ0) is 39.9. The molecule has 0 N–H and O–H groups in total.